The zero-order valence-corrected chi connectivity index (χ0v) is 14.6. The maximum atomic E-state index is 13.3. The number of amides is 1. The van der Waals surface area contributed by atoms with Crippen molar-refractivity contribution < 1.29 is 18.3 Å². The standard InChI is InChI=1S/C21H21F2NO2/c1-2-26-21(25)24-12-11-15(14-24)13-20(16-3-7-18(22)8-4-16)17-5-9-19(23)10-6-17/h3-10,13,15H,2,11-12,14H2,1H3. The predicted molar refractivity (Wildman–Crippen MR) is 96.6 cm³/mol. The van der Waals surface area contributed by atoms with E-state index >= 15 is 0 Å². The lowest BCUT2D eigenvalue weighted by Crippen LogP contribution is -2.29. The summed E-state index contributed by atoms with van der Waals surface area (Å²) >= 11 is 0. The minimum Gasteiger partial charge on any atom is -0.450 e. The van der Waals surface area contributed by atoms with Crippen molar-refractivity contribution in [2.45, 2.75) is 13.3 Å². The van der Waals surface area contributed by atoms with Gasteiger partial charge in [-0.25, -0.2) is 13.6 Å². The number of rotatable bonds is 4. The fourth-order valence-corrected chi connectivity index (χ4v) is 3.16. The van der Waals surface area contributed by atoms with Crippen LogP contribution in [-0.2, 0) is 4.74 Å². The smallest absolute Gasteiger partial charge is 0.409 e. The monoisotopic (exact) mass is 357 g/mol. The molecule has 1 fully saturated rings. The molecule has 1 aliphatic rings. The lowest BCUT2D eigenvalue weighted by molar-refractivity contribution is 0.115. The molecule has 0 aliphatic carbocycles. The molecule has 0 saturated carbocycles. The SMILES string of the molecule is CCOC(=O)N1CCC(C=C(c2ccc(F)cc2)c2ccc(F)cc2)C1. The second-order valence-corrected chi connectivity index (χ2v) is 6.29. The Labute approximate surface area is 151 Å². The van der Waals surface area contributed by atoms with Gasteiger partial charge in [0.15, 0.2) is 0 Å². The predicted octanol–water partition coefficient (Wildman–Crippen LogP) is 4.87. The van der Waals surface area contributed by atoms with E-state index in [0.29, 0.717) is 19.7 Å². The molecule has 1 saturated heterocycles. The molecule has 1 amide bonds. The molecule has 1 atom stereocenters. The van der Waals surface area contributed by atoms with Crippen molar-refractivity contribution in [2.24, 2.45) is 5.92 Å². The van der Waals surface area contributed by atoms with Gasteiger partial charge in [-0.1, -0.05) is 30.3 Å². The molecule has 3 rings (SSSR count). The lowest BCUT2D eigenvalue weighted by atomic mass is 9.93. The lowest BCUT2D eigenvalue weighted by Gasteiger charge is -2.15. The Morgan fingerprint density at radius 2 is 1.62 bits per heavy atom. The molecular weight excluding hydrogens is 336 g/mol. The maximum absolute atomic E-state index is 13.3. The summed E-state index contributed by atoms with van der Waals surface area (Å²) < 4.78 is 31.6. The Morgan fingerprint density at radius 1 is 1.08 bits per heavy atom. The van der Waals surface area contributed by atoms with Gasteiger partial charge in [0.1, 0.15) is 11.6 Å². The number of ether oxygens (including phenoxy) is 1. The molecule has 2 aromatic rings. The normalized spacial score (nSPS) is 16.4. The van der Waals surface area contributed by atoms with Crippen LogP contribution in [0.2, 0.25) is 0 Å². The largest absolute Gasteiger partial charge is 0.450 e. The van der Waals surface area contributed by atoms with Crippen LogP contribution in [0.4, 0.5) is 13.6 Å². The van der Waals surface area contributed by atoms with Crippen LogP contribution in [-0.4, -0.2) is 30.7 Å². The van der Waals surface area contributed by atoms with Gasteiger partial charge in [-0.15, -0.1) is 0 Å². The van der Waals surface area contributed by atoms with Crippen molar-refractivity contribution in [1.29, 1.82) is 0 Å². The highest BCUT2D eigenvalue weighted by Gasteiger charge is 2.26. The first-order valence-corrected chi connectivity index (χ1v) is 8.72. The molecule has 0 bridgehead atoms. The summed E-state index contributed by atoms with van der Waals surface area (Å²) in [7, 11) is 0. The summed E-state index contributed by atoms with van der Waals surface area (Å²) in [5, 5.41) is 0. The van der Waals surface area contributed by atoms with Gasteiger partial charge in [-0.05, 0) is 60.2 Å². The van der Waals surface area contributed by atoms with Gasteiger partial charge in [0, 0.05) is 13.1 Å². The van der Waals surface area contributed by atoms with Gasteiger partial charge < -0.3 is 9.64 Å². The summed E-state index contributed by atoms with van der Waals surface area (Å²) in [5.41, 5.74) is 2.61. The van der Waals surface area contributed by atoms with Gasteiger partial charge in [0.25, 0.3) is 0 Å². The van der Waals surface area contributed by atoms with E-state index in [1.165, 1.54) is 24.3 Å². The van der Waals surface area contributed by atoms with Crippen molar-refractivity contribution in [3.05, 3.63) is 77.4 Å². The highest BCUT2D eigenvalue weighted by atomic mass is 19.1. The zero-order valence-electron chi connectivity index (χ0n) is 14.6. The summed E-state index contributed by atoms with van der Waals surface area (Å²) in [6, 6.07) is 12.5. The van der Waals surface area contributed by atoms with Gasteiger partial charge in [-0.2, -0.15) is 0 Å². The van der Waals surface area contributed by atoms with Crippen LogP contribution in [0, 0.1) is 17.6 Å². The third-order valence-electron chi connectivity index (χ3n) is 4.46. The molecule has 1 aliphatic heterocycles. The molecule has 0 aromatic heterocycles. The fraction of sp³-hybridized carbons (Fsp3) is 0.286. The molecule has 3 nitrogen and oxygen atoms in total. The highest BCUT2D eigenvalue weighted by molar-refractivity contribution is 5.80. The fourth-order valence-electron chi connectivity index (χ4n) is 3.16. The number of carbonyl (C=O) groups is 1. The van der Waals surface area contributed by atoms with Crippen LogP contribution < -0.4 is 0 Å². The van der Waals surface area contributed by atoms with E-state index in [1.807, 2.05) is 0 Å². The molecule has 0 N–H and O–H groups in total. The van der Waals surface area contributed by atoms with Gasteiger partial charge in [-0.3, -0.25) is 0 Å². The number of nitrogens with zero attached hydrogens (tertiary/aromatic N) is 1. The molecule has 0 spiro atoms. The van der Waals surface area contributed by atoms with Crippen LogP contribution in [0.3, 0.4) is 0 Å². The average Bonchev–Trinajstić information content (AvgIpc) is 3.11. The second-order valence-electron chi connectivity index (χ2n) is 6.29. The van der Waals surface area contributed by atoms with E-state index in [0.717, 1.165) is 23.1 Å². The first kappa shape index (κ1) is 18.1. The first-order valence-electron chi connectivity index (χ1n) is 8.72. The van der Waals surface area contributed by atoms with Crippen LogP contribution in [0.5, 0.6) is 0 Å². The van der Waals surface area contributed by atoms with E-state index in [4.69, 9.17) is 4.74 Å². The molecule has 1 heterocycles. The van der Waals surface area contributed by atoms with Gasteiger partial charge in [0.2, 0.25) is 0 Å². The van der Waals surface area contributed by atoms with E-state index in [9.17, 15) is 13.6 Å². The van der Waals surface area contributed by atoms with Crippen LogP contribution in [0.1, 0.15) is 24.5 Å². The average molecular weight is 357 g/mol. The Morgan fingerprint density at radius 3 is 2.12 bits per heavy atom. The van der Waals surface area contributed by atoms with E-state index < -0.39 is 0 Å². The van der Waals surface area contributed by atoms with Gasteiger partial charge in [0.05, 0.1) is 6.61 Å². The van der Waals surface area contributed by atoms with Crippen LogP contribution in [0.25, 0.3) is 5.57 Å². The molecule has 0 radical (unpaired) electrons. The zero-order chi connectivity index (χ0) is 18.5. The van der Waals surface area contributed by atoms with Crippen molar-refractivity contribution >= 4 is 11.7 Å². The Kier molecular flexibility index (Phi) is 5.66. The highest BCUT2D eigenvalue weighted by Crippen LogP contribution is 2.29. The number of hydrogen-bond acceptors (Lipinski definition) is 2. The van der Waals surface area contributed by atoms with Crippen molar-refractivity contribution in [3.63, 3.8) is 0 Å². The Bertz CT molecular complexity index is 737. The molecule has 2 aromatic carbocycles. The minimum absolute atomic E-state index is 0.157. The number of benzene rings is 2. The molecular formula is C21H21F2NO2. The van der Waals surface area contributed by atoms with E-state index in [1.54, 1.807) is 36.1 Å². The molecule has 1 unspecified atom stereocenters. The second kappa shape index (κ2) is 8.13. The number of likely N-dealkylation sites (tertiary alicyclic amines) is 1. The first-order chi connectivity index (χ1) is 12.6. The number of carbonyl (C=O) groups excluding carboxylic acids is 1. The van der Waals surface area contributed by atoms with Crippen LogP contribution in [0.15, 0.2) is 54.6 Å². The van der Waals surface area contributed by atoms with E-state index in [2.05, 4.69) is 6.08 Å². The molecule has 136 valence electrons. The molecule has 26 heavy (non-hydrogen) atoms. The molecule has 5 heteroatoms. The third kappa shape index (κ3) is 4.28. The van der Waals surface area contributed by atoms with Crippen LogP contribution >= 0.6 is 0 Å². The van der Waals surface area contributed by atoms with Crippen molar-refractivity contribution in [1.82, 2.24) is 4.90 Å². The quantitative estimate of drug-likeness (QED) is 0.781. The Hall–Kier alpha value is -2.69. The summed E-state index contributed by atoms with van der Waals surface area (Å²) in [5.74, 6) is -0.451. The number of halogens is 2. The minimum atomic E-state index is -0.304. The third-order valence-corrected chi connectivity index (χ3v) is 4.46. The summed E-state index contributed by atoms with van der Waals surface area (Å²) in [6.07, 6.45) is 2.61. The topological polar surface area (TPSA) is 29.5 Å². The maximum Gasteiger partial charge on any atom is 0.409 e. The van der Waals surface area contributed by atoms with E-state index in [-0.39, 0.29) is 23.6 Å². The van der Waals surface area contributed by atoms with Crippen molar-refractivity contribution in [3.8, 4) is 0 Å². The summed E-state index contributed by atoms with van der Waals surface area (Å²) in [6.45, 7) is 3.35. The van der Waals surface area contributed by atoms with Crippen molar-refractivity contribution in [2.75, 3.05) is 19.7 Å². The number of hydrogen-bond donors (Lipinski definition) is 0. The van der Waals surface area contributed by atoms with Gasteiger partial charge >= 0.3 is 6.09 Å². The Balaban J connectivity index is 1.88. The summed E-state index contributed by atoms with van der Waals surface area (Å²) in [4.78, 5) is 13.6.